The Balaban J connectivity index is 2.44. The number of hydrogen-bond acceptors (Lipinski definition) is 5. The maximum absolute atomic E-state index is 9.97. The van der Waals surface area contributed by atoms with Gasteiger partial charge in [-0.05, 0) is 24.8 Å². The Morgan fingerprint density at radius 2 is 2.24 bits per heavy atom. The Morgan fingerprint density at radius 3 is 2.94 bits per heavy atom. The summed E-state index contributed by atoms with van der Waals surface area (Å²) in [6.45, 7) is 0.424. The number of hydrogen-bond donors (Lipinski definition) is 5. The predicted molar refractivity (Wildman–Crippen MR) is 65.7 cm³/mol. The van der Waals surface area contributed by atoms with Crippen molar-refractivity contribution in [3.63, 3.8) is 0 Å². The van der Waals surface area contributed by atoms with Gasteiger partial charge in [0, 0.05) is 12.1 Å². The van der Waals surface area contributed by atoms with Gasteiger partial charge in [-0.1, -0.05) is 12.1 Å². The quantitative estimate of drug-likeness (QED) is 0.491. The average Bonchev–Trinajstić information content (AvgIpc) is 2.30. The smallest absolute Gasteiger partial charge is 0.144 e. The molecule has 1 aliphatic heterocycles. The summed E-state index contributed by atoms with van der Waals surface area (Å²) in [6.07, 6.45) is 1.79. The van der Waals surface area contributed by atoms with E-state index in [1.54, 1.807) is 25.3 Å². The zero-order valence-corrected chi connectivity index (χ0v) is 9.51. The highest BCUT2D eigenvalue weighted by Gasteiger charge is 2.20. The van der Waals surface area contributed by atoms with Crippen LogP contribution < -0.4 is 10.6 Å². The monoisotopic (exact) mass is 236 g/mol. The van der Waals surface area contributed by atoms with Crippen molar-refractivity contribution < 1.29 is 15.3 Å². The van der Waals surface area contributed by atoms with Crippen LogP contribution in [0.4, 0.5) is 5.69 Å². The predicted octanol–water partition coefficient (Wildman–Crippen LogP) is 0.402. The Kier molecular flexibility index (Phi) is 3.33. The highest BCUT2D eigenvalue weighted by Crippen LogP contribution is 2.36. The van der Waals surface area contributed by atoms with Gasteiger partial charge in [-0.2, -0.15) is 0 Å². The third-order valence-corrected chi connectivity index (χ3v) is 2.75. The third kappa shape index (κ3) is 2.26. The van der Waals surface area contributed by atoms with Crippen molar-refractivity contribution in [1.82, 2.24) is 5.32 Å². The van der Waals surface area contributed by atoms with Crippen LogP contribution in [0.15, 0.2) is 18.2 Å². The van der Waals surface area contributed by atoms with Crippen molar-refractivity contribution in [2.45, 2.75) is 12.3 Å². The fourth-order valence-electron chi connectivity index (χ4n) is 1.93. The van der Waals surface area contributed by atoms with Crippen LogP contribution >= 0.6 is 0 Å². The van der Waals surface area contributed by atoms with Gasteiger partial charge in [-0.3, -0.25) is 0 Å². The Labute approximate surface area is 99.4 Å². The topological polar surface area (TPSA) is 84.8 Å². The molecule has 1 aromatic rings. The van der Waals surface area contributed by atoms with Gasteiger partial charge >= 0.3 is 0 Å². The number of benzene rings is 1. The molecule has 1 unspecified atom stereocenters. The first-order valence-corrected chi connectivity index (χ1v) is 5.45. The summed E-state index contributed by atoms with van der Waals surface area (Å²) in [5.41, 5.74) is 1.87. The van der Waals surface area contributed by atoms with Crippen molar-refractivity contribution in [2.75, 3.05) is 18.9 Å². The highest BCUT2D eigenvalue weighted by atomic mass is 16.3. The van der Waals surface area contributed by atoms with E-state index in [0.717, 1.165) is 0 Å². The first-order chi connectivity index (χ1) is 8.13. The molecule has 0 radical (unpaired) electrons. The van der Waals surface area contributed by atoms with Gasteiger partial charge in [0.1, 0.15) is 12.0 Å². The van der Waals surface area contributed by atoms with E-state index in [4.69, 9.17) is 0 Å². The minimum atomic E-state index is -0.815. The largest absolute Gasteiger partial charge is 0.506 e. The summed E-state index contributed by atoms with van der Waals surface area (Å²) in [6, 6.07) is 3.19. The fraction of sp³-hybridized carbons (Fsp3) is 0.333. The SMILES string of the molecule is CNC[C@H](O)c1ccc(O)c2c1C=CC(O)N2. The molecule has 0 bridgehead atoms. The van der Waals surface area contributed by atoms with E-state index in [0.29, 0.717) is 23.4 Å². The van der Waals surface area contributed by atoms with E-state index in [1.807, 2.05) is 0 Å². The zero-order valence-electron chi connectivity index (χ0n) is 9.51. The molecule has 0 aromatic heterocycles. The number of phenolic OH excluding ortho intramolecular Hbond substituents is 1. The van der Waals surface area contributed by atoms with Crippen molar-refractivity contribution in [2.24, 2.45) is 0 Å². The number of phenols is 1. The molecule has 92 valence electrons. The van der Waals surface area contributed by atoms with E-state index in [9.17, 15) is 15.3 Å². The average molecular weight is 236 g/mol. The van der Waals surface area contributed by atoms with Crippen molar-refractivity contribution >= 4 is 11.8 Å². The van der Waals surface area contributed by atoms with Gasteiger partial charge in [0.05, 0.1) is 11.8 Å². The first-order valence-electron chi connectivity index (χ1n) is 5.45. The molecule has 5 N–H and O–H groups in total. The van der Waals surface area contributed by atoms with E-state index in [1.165, 1.54) is 6.07 Å². The van der Waals surface area contributed by atoms with E-state index in [-0.39, 0.29) is 5.75 Å². The minimum Gasteiger partial charge on any atom is -0.506 e. The lowest BCUT2D eigenvalue weighted by atomic mass is 9.97. The van der Waals surface area contributed by atoms with Gasteiger partial charge in [0.25, 0.3) is 0 Å². The Hall–Kier alpha value is -1.56. The minimum absolute atomic E-state index is 0.0591. The number of aliphatic hydroxyl groups is 2. The number of aromatic hydroxyl groups is 1. The van der Waals surface area contributed by atoms with Crippen LogP contribution in [0.5, 0.6) is 5.75 Å². The molecule has 2 rings (SSSR count). The fourth-order valence-corrected chi connectivity index (χ4v) is 1.93. The Bertz CT molecular complexity index is 446. The third-order valence-electron chi connectivity index (χ3n) is 2.75. The van der Waals surface area contributed by atoms with Crippen molar-refractivity contribution in [3.8, 4) is 5.75 Å². The molecule has 1 aromatic carbocycles. The van der Waals surface area contributed by atoms with Gasteiger partial charge in [-0.15, -0.1) is 0 Å². The molecule has 0 saturated carbocycles. The number of rotatable bonds is 3. The molecule has 0 aliphatic carbocycles. The molecule has 17 heavy (non-hydrogen) atoms. The lowest BCUT2D eigenvalue weighted by Crippen LogP contribution is -2.22. The van der Waals surface area contributed by atoms with E-state index < -0.39 is 12.3 Å². The van der Waals surface area contributed by atoms with Crippen LogP contribution in [0.3, 0.4) is 0 Å². The second-order valence-corrected chi connectivity index (χ2v) is 3.98. The summed E-state index contributed by atoms with van der Waals surface area (Å²) < 4.78 is 0. The number of nitrogens with one attached hydrogen (secondary N) is 2. The molecule has 0 saturated heterocycles. The van der Waals surface area contributed by atoms with Crippen LogP contribution in [-0.2, 0) is 0 Å². The van der Waals surface area contributed by atoms with Crippen LogP contribution in [0, 0.1) is 0 Å². The summed E-state index contributed by atoms with van der Waals surface area (Å²) in [4.78, 5) is 0. The molecule has 0 spiro atoms. The number of fused-ring (bicyclic) bond motifs is 1. The molecular formula is C12H16N2O3. The van der Waals surface area contributed by atoms with Crippen LogP contribution in [0.2, 0.25) is 0 Å². The number of aliphatic hydroxyl groups excluding tert-OH is 2. The van der Waals surface area contributed by atoms with E-state index >= 15 is 0 Å². The molecule has 1 heterocycles. The maximum Gasteiger partial charge on any atom is 0.144 e. The maximum atomic E-state index is 9.97. The molecule has 2 atom stereocenters. The summed E-state index contributed by atoms with van der Waals surface area (Å²) >= 11 is 0. The lowest BCUT2D eigenvalue weighted by Gasteiger charge is -2.23. The standard InChI is InChI=1S/C12H16N2O3/c1-13-6-10(16)7-2-4-9(15)12-8(7)3-5-11(17)14-12/h2-5,10-11,13-17H,6H2,1H3/t10-,11?/m0/s1. The molecular weight excluding hydrogens is 220 g/mol. The van der Waals surface area contributed by atoms with Gasteiger partial charge in [0.2, 0.25) is 0 Å². The van der Waals surface area contributed by atoms with Crippen molar-refractivity contribution in [3.05, 3.63) is 29.3 Å². The van der Waals surface area contributed by atoms with Crippen LogP contribution in [0.25, 0.3) is 6.08 Å². The second-order valence-electron chi connectivity index (χ2n) is 3.98. The first kappa shape index (κ1) is 11.9. The highest BCUT2D eigenvalue weighted by molar-refractivity contribution is 5.78. The second kappa shape index (κ2) is 4.75. The van der Waals surface area contributed by atoms with Crippen molar-refractivity contribution in [1.29, 1.82) is 0 Å². The number of anilines is 1. The summed E-state index contributed by atoms with van der Waals surface area (Å²) in [5, 5.41) is 34.7. The van der Waals surface area contributed by atoms with Crippen LogP contribution in [-0.4, -0.2) is 35.1 Å². The Morgan fingerprint density at radius 1 is 1.47 bits per heavy atom. The van der Waals surface area contributed by atoms with Gasteiger partial charge < -0.3 is 26.0 Å². The molecule has 0 amide bonds. The molecule has 5 heteroatoms. The molecule has 5 nitrogen and oxygen atoms in total. The normalized spacial score (nSPS) is 19.6. The van der Waals surface area contributed by atoms with E-state index in [2.05, 4.69) is 10.6 Å². The van der Waals surface area contributed by atoms with Gasteiger partial charge in [-0.25, -0.2) is 0 Å². The molecule has 1 aliphatic rings. The zero-order chi connectivity index (χ0) is 12.4. The summed E-state index contributed by atoms with van der Waals surface area (Å²) in [5.74, 6) is 0.0591. The van der Waals surface area contributed by atoms with Crippen LogP contribution in [0.1, 0.15) is 17.2 Å². The molecule has 0 fully saturated rings. The lowest BCUT2D eigenvalue weighted by molar-refractivity contribution is 0.177. The van der Waals surface area contributed by atoms with Gasteiger partial charge in [0.15, 0.2) is 0 Å². The summed E-state index contributed by atoms with van der Waals surface area (Å²) in [7, 11) is 1.76. The number of likely N-dealkylation sites (N-methyl/N-ethyl adjacent to an activating group) is 1.